The average Bonchev–Trinajstić information content (AvgIpc) is 3.11. The van der Waals surface area contributed by atoms with Gasteiger partial charge < -0.3 is 9.64 Å². The van der Waals surface area contributed by atoms with Gasteiger partial charge in [-0.05, 0) is 43.5 Å². The van der Waals surface area contributed by atoms with Crippen molar-refractivity contribution in [1.82, 2.24) is 9.71 Å². The standard InChI is InChI=1S/C17H23N3O3S2/c1-23-15-5-7-16(8-6-15)25(21,22)18-10-9-14-13-24-17(19-14)20-11-3-2-4-12-20/h5-8,13,18H,2-4,9-12H2,1H3. The molecule has 6 nitrogen and oxygen atoms in total. The summed E-state index contributed by atoms with van der Waals surface area (Å²) in [6.45, 7) is 2.46. The highest BCUT2D eigenvalue weighted by molar-refractivity contribution is 7.89. The predicted octanol–water partition coefficient (Wildman–Crippen LogP) is 2.66. The number of hydrogen-bond acceptors (Lipinski definition) is 6. The summed E-state index contributed by atoms with van der Waals surface area (Å²) in [5, 5.41) is 3.07. The predicted molar refractivity (Wildman–Crippen MR) is 100 cm³/mol. The van der Waals surface area contributed by atoms with Crippen LogP contribution in [0.15, 0.2) is 34.5 Å². The third-order valence-electron chi connectivity index (χ3n) is 4.21. The maximum atomic E-state index is 12.3. The number of ether oxygens (including phenoxy) is 1. The van der Waals surface area contributed by atoms with E-state index >= 15 is 0 Å². The molecule has 0 atom stereocenters. The van der Waals surface area contributed by atoms with Crippen LogP contribution in [-0.4, -0.2) is 40.1 Å². The number of rotatable bonds is 7. The minimum Gasteiger partial charge on any atom is -0.497 e. The Balaban J connectivity index is 1.54. The molecule has 3 rings (SSSR count). The van der Waals surface area contributed by atoms with E-state index < -0.39 is 10.0 Å². The summed E-state index contributed by atoms with van der Waals surface area (Å²) in [5.41, 5.74) is 0.933. The Kier molecular flexibility index (Phi) is 5.93. The van der Waals surface area contributed by atoms with Gasteiger partial charge in [-0.1, -0.05) is 0 Å². The van der Waals surface area contributed by atoms with E-state index in [2.05, 4.69) is 14.6 Å². The Bertz CT molecular complexity index is 782. The zero-order valence-corrected chi connectivity index (χ0v) is 15.9. The lowest BCUT2D eigenvalue weighted by molar-refractivity contribution is 0.414. The van der Waals surface area contributed by atoms with E-state index in [0.29, 0.717) is 18.7 Å². The lowest BCUT2D eigenvalue weighted by Crippen LogP contribution is -2.29. The van der Waals surface area contributed by atoms with Gasteiger partial charge in [0.2, 0.25) is 10.0 Å². The van der Waals surface area contributed by atoms with Crippen LogP contribution in [0.5, 0.6) is 5.75 Å². The number of nitrogens with zero attached hydrogens (tertiary/aromatic N) is 2. The van der Waals surface area contributed by atoms with Gasteiger partial charge in [-0.3, -0.25) is 0 Å². The monoisotopic (exact) mass is 381 g/mol. The second-order valence-electron chi connectivity index (χ2n) is 5.99. The molecule has 1 aliphatic heterocycles. The fourth-order valence-electron chi connectivity index (χ4n) is 2.79. The van der Waals surface area contributed by atoms with E-state index in [1.165, 1.54) is 19.3 Å². The Morgan fingerprint density at radius 2 is 1.92 bits per heavy atom. The summed E-state index contributed by atoms with van der Waals surface area (Å²) in [6, 6.07) is 6.36. The molecule has 8 heteroatoms. The minimum atomic E-state index is -3.51. The van der Waals surface area contributed by atoms with Gasteiger partial charge in [-0.15, -0.1) is 11.3 Å². The minimum absolute atomic E-state index is 0.237. The molecule has 0 radical (unpaired) electrons. The number of thiazole rings is 1. The third kappa shape index (κ3) is 4.71. The van der Waals surface area contributed by atoms with Gasteiger partial charge in [0.25, 0.3) is 0 Å². The van der Waals surface area contributed by atoms with Crippen molar-refractivity contribution in [3.8, 4) is 5.75 Å². The summed E-state index contributed by atoms with van der Waals surface area (Å²) in [4.78, 5) is 7.20. The molecule has 1 aromatic heterocycles. The summed E-state index contributed by atoms with van der Waals surface area (Å²) in [6.07, 6.45) is 4.31. The van der Waals surface area contributed by atoms with Crippen molar-refractivity contribution < 1.29 is 13.2 Å². The number of methoxy groups -OCH3 is 1. The van der Waals surface area contributed by atoms with Crippen LogP contribution in [0.4, 0.5) is 5.13 Å². The lowest BCUT2D eigenvalue weighted by Gasteiger charge is -2.25. The summed E-state index contributed by atoms with van der Waals surface area (Å²) in [7, 11) is -1.96. The molecule has 0 aliphatic carbocycles. The van der Waals surface area contributed by atoms with Crippen molar-refractivity contribution in [2.75, 3.05) is 31.6 Å². The van der Waals surface area contributed by atoms with Crippen LogP contribution in [0.25, 0.3) is 0 Å². The summed E-state index contributed by atoms with van der Waals surface area (Å²) >= 11 is 1.64. The highest BCUT2D eigenvalue weighted by Crippen LogP contribution is 2.24. The molecule has 0 bridgehead atoms. The second kappa shape index (κ2) is 8.16. The molecule has 0 saturated carbocycles. The van der Waals surface area contributed by atoms with Crippen LogP contribution in [0, 0.1) is 0 Å². The van der Waals surface area contributed by atoms with E-state index in [9.17, 15) is 8.42 Å². The van der Waals surface area contributed by atoms with E-state index in [1.54, 1.807) is 42.7 Å². The Morgan fingerprint density at radius 1 is 1.20 bits per heavy atom. The quantitative estimate of drug-likeness (QED) is 0.798. The highest BCUT2D eigenvalue weighted by atomic mass is 32.2. The number of hydrogen-bond donors (Lipinski definition) is 1. The van der Waals surface area contributed by atoms with Crippen molar-refractivity contribution in [1.29, 1.82) is 0 Å². The van der Waals surface area contributed by atoms with Crippen LogP contribution in [-0.2, 0) is 16.4 Å². The van der Waals surface area contributed by atoms with E-state index in [4.69, 9.17) is 4.74 Å². The maximum Gasteiger partial charge on any atom is 0.240 e. The SMILES string of the molecule is COc1ccc(S(=O)(=O)NCCc2csc(N3CCCCC3)n2)cc1. The van der Waals surface area contributed by atoms with Gasteiger partial charge in [0.1, 0.15) is 5.75 Å². The van der Waals surface area contributed by atoms with Crippen molar-refractivity contribution in [2.24, 2.45) is 0 Å². The number of piperidine rings is 1. The Hall–Kier alpha value is -1.64. The van der Waals surface area contributed by atoms with E-state index in [1.807, 2.05) is 5.38 Å². The number of benzene rings is 1. The second-order valence-corrected chi connectivity index (χ2v) is 8.60. The largest absolute Gasteiger partial charge is 0.497 e. The van der Waals surface area contributed by atoms with E-state index in [-0.39, 0.29) is 4.90 Å². The van der Waals surface area contributed by atoms with Gasteiger partial charge in [-0.2, -0.15) is 0 Å². The molecule has 25 heavy (non-hydrogen) atoms. The molecule has 1 aromatic carbocycles. The van der Waals surface area contributed by atoms with Crippen molar-refractivity contribution in [2.45, 2.75) is 30.6 Å². The molecule has 136 valence electrons. The topological polar surface area (TPSA) is 71.5 Å². The Labute approximate surface area is 152 Å². The van der Waals surface area contributed by atoms with Gasteiger partial charge in [0.15, 0.2) is 5.13 Å². The number of aromatic nitrogens is 1. The highest BCUT2D eigenvalue weighted by Gasteiger charge is 2.16. The van der Waals surface area contributed by atoms with Crippen LogP contribution in [0.1, 0.15) is 25.0 Å². The molecular formula is C17H23N3O3S2. The van der Waals surface area contributed by atoms with E-state index in [0.717, 1.165) is 23.9 Å². The fourth-order valence-corrected chi connectivity index (χ4v) is 4.74. The Morgan fingerprint density at radius 3 is 2.60 bits per heavy atom. The molecule has 1 fully saturated rings. The molecule has 0 amide bonds. The number of nitrogens with one attached hydrogen (secondary N) is 1. The first-order valence-electron chi connectivity index (χ1n) is 8.41. The van der Waals surface area contributed by atoms with Crippen LogP contribution < -0.4 is 14.4 Å². The molecule has 2 aromatic rings. The van der Waals surface area contributed by atoms with Crippen molar-refractivity contribution in [3.05, 3.63) is 35.3 Å². The first-order chi connectivity index (χ1) is 12.1. The zero-order valence-electron chi connectivity index (χ0n) is 14.3. The molecule has 1 aliphatic rings. The lowest BCUT2D eigenvalue weighted by atomic mass is 10.1. The first-order valence-corrected chi connectivity index (χ1v) is 10.8. The average molecular weight is 382 g/mol. The van der Waals surface area contributed by atoms with Crippen LogP contribution >= 0.6 is 11.3 Å². The van der Waals surface area contributed by atoms with Gasteiger partial charge in [-0.25, -0.2) is 18.1 Å². The van der Waals surface area contributed by atoms with Gasteiger partial charge in [0.05, 0.1) is 17.7 Å². The van der Waals surface area contributed by atoms with Gasteiger partial charge >= 0.3 is 0 Å². The fraction of sp³-hybridized carbons (Fsp3) is 0.471. The number of anilines is 1. The van der Waals surface area contributed by atoms with Crippen LogP contribution in [0.2, 0.25) is 0 Å². The normalized spacial score (nSPS) is 15.3. The smallest absolute Gasteiger partial charge is 0.240 e. The van der Waals surface area contributed by atoms with Gasteiger partial charge in [0, 0.05) is 31.4 Å². The summed E-state index contributed by atoms with van der Waals surface area (Å²) in [5.74, 6) is 0.631. The van der Waals surface area contributed by atoms with Crippen molar-refractivity contribution in [3.63, 3.8) is 0 Å². The molecular weight excluding hydrogens is 358 g/mol. The third-order valence-corrected chi connectivity index (χ3v) is 6.64. The molecule has 0 spiro atoms. The molecule has 1 N–H and O–H groups in total. The molecule has 1 saturated heterocycles. The van der Waals surface area contributed by atoms with Crippen LogP contribution in [0.3, 0.4) is 0 Å². The zero-order chi connectivity index (χ0) is 17.7. The van der Waals surface area contributed by atoms with Crippen molar-refractivity contribution >= 4 is 26.5 Å². The molecule has 2 heterocycles. The molecule has 0 unspecified atom stereocenters. The first kappa shape index (κ1) is 18.2. The number of sulfonamides is 1. The maximum absolute atomic E-state index is 12.3. The summed E-state index contributed by atoms with van der Waals surface area (Å²) < 4.78 is 32.3.